The lowest BCUT2D eigenvalue weighted by molar-refractivity contribution is -0.137. The van der Waals surface area contributed by atoms with Gasteiger partial charge in [-0.15, -0.1) is 0 Å². The van der Waals surface area contributed by atoms with E-state index in [0.29, 0.717) is 5.56 Å². The maximum absolute atomic E-state index is 12.9. The smallest absolute Gasteiger partial charge is 0.373 e. The first-order valence-corrected chi connectivity index (χ1v) is 7.96. The number of halogens is 4. The average Bonchev–Trinajstić information content (AvgIpc) is 2.94. The molecule has 0 radical (unpaired) electrons. The quantitative estimate of drug-likeness (QED) is 0.819. The van der Waals surface area contributed by atoms with Crippen LogP contribution in [0.4, 0.5) is 19.0 Å². The molecule has 2 N–H and O–H groups in total. The lowest BCUT2D eigenvalue weighted by atomic mass is 10.1. The lowest BCUT2D eigenvalue weighted by Crippen LogP contribution is -2.43. The van der Waals surface area contributed by atoms with Gasteiger partial charge in [0, 0.05) is 32.3 Å². The number of hydrogen-bond acceptors (Lipinski definition) is 5. The van der Waals surface area contributed by atoms with Crippen molar-refractivity contribution in [2.24, 2.45) is 0 Å². The van der Waals surface area contributed by atoms with Gasteiger partial charge in [-0.2, -0.15) is 18.3 Å². The number of rotatable bonds is 5. The number of hydrogen-bond donors (Lipinski definition) is 2. The summed E-state index contributed by atoms with van der Waals surface area (Å²) in [5.74, 6) is -0.476. The highest BCUT2D eigenvalue weighted by Gasteiger charge is 2.35. The molecule has 2 heterocycles. The Hall–Kier alpha value is -2.36. The van der Waals surface area contributed by atoms with Gasteiger partial charge in [-0.1, -0.05) is 11.6 Å². The first-order chi connectivity index (χ1) is 12.0. The van der Waals surface area contributed by atoms with Gasteiger partial charge in [0.05, 0.1) is 6.20 Å². The highest BCUT2D eigenvalue weighted by Crippen LogP contribution is 2.33. The molecular weight excluding hydrogens is 373 g/mol. The summed E-state index contributed by atoms with van der Waals surface area (Å²) in [5, 5.41) is 9.26. The van der Waals surface area contributed by atoms with E-state index in [2.05, 4.69) is 25.7 Å². The number of carbonyl (C=O) groups is 1. The van der Waals surface area contributed by atoms with Crippen LogP contribution in [0.25, 0.3) is 0 Å². The maximum atomic E-state index is 12.9. The van der Waals surface area contributed by atoms with Crippen LogP contribution in [0.3, 0.4) is 0 Å². The molecule has 2 aromatic heterocycles. The lowest BCUT2D eigenvalue weighted by Gasteiger charge is -2.24. The van der Waals surface area contributed by atoms with E-state index in [1.807, 2.05) is 0 Å². The Morgan fingerprint density at radius 3 is 2.46 bits per heavy atom. The Bertz CT molecular complexity index is 818. The van der Waals surface area contributed by atoms with Gasteiger partial charge in [-0.25, -0.2) is 14.6 Å². The highest BCUT2D eigenvalue weighted by atomic mass is 35.5. The zero-order chi connectivity index (χ0) is 19.7. The standard InChI is InChI=1S/C15H18ClF3N6O/c1-14(2,13(26)21-4)25-11(16)8(6-23-25)5-10-22-7-9(15(17,18)19)12(20-3)24-10/h6-7H,5H2,1-4H3,(H,21,26)(H,20,22,24). The number of nitrogens with zero attached hydrogens (tertiary/aromatic N) is 4. The Morgan fingerprint density at radius 2 is 1.92 bits per heavy atom. The molecule has 11 heteroatoms. The van der Waals surface area contributed by atoms with Gasteiger partial charge in [0.2, 0.25) is 5.91 Å². The fraction of sp³-hybridized carbons (Fsp3) is 0.467. The Morgan fingerprint density at radius 1 is 1.27 bits per heavy atom. The van der Waals surface area contributed by atoms with Gasteiger partial charge in [0.1, 0.15) is 27.9 Å². The van der Waals surface area contributed by atoms with E-state index in [1.54, 1.807) is 13.8 Å². The predicted octanol–water partition coefficient (Wildman–Crippen LogP) is 2.46. The molecule has 2 aromatic rings. The molecule has 0 saturated heterocycles. The fourth-order valence-corrected chi connectivity index (χ4v) is 2.72. The highest BCUT2D eigenvalue weighted by molar-refractivity contribution is 6.30. The molecular formula is C15H18ClF3N6O. The normalized spacial score (nSPS) is 12.2. The number of alkyl halides is 3. The van der Waals surface area contributed by atoms with Crippen LogP contribution in [0.15, 0.2) is 12.4 Å². The minimum Gasteiger partial charge on any atom is -0.373 e. The number of amides is 1. The van der Waals surface area contributed by atoms with Crippen LogP contribution in [0.5, 0.6) is 0 Å². The molecule has 1 amide bonds. The van der Waals surface area contributed by atoms with Gasteiger partial charge in [0.25, 0.3) is 0 Å². The topological polar surface area (TPSA) is 84.7 Å². The summed E-state index contributed by atoms with van der Waals surface area (Å²) in [6.45, 7) is 3.28. The van der Waals surface area contributed by atoms with Crippen LogP contribution in [-0.4, -0.2) is 39.8 Å². The molecule has 0 aromatic carbocycles. The molecule has 0 spiro atoms. The summed E-state index contributed by atoms with van der Waals surface area (Å²) in [7, 11) is 2.84. The zero-order valence-corrected chi connectivity index (χ0v) is 15.3. The molecule has 0 saturated carbocycles. The Balaban J connectivity index is 2.35. The van der Waals surface area contributed by atoms with Crippen LogP contribution in [-0.2, 0) is 22.9 Å². The van der Waals surface area contributed by atoms with Crippen molar-refractivity contribution in [2.75, 3.05) is 19.4 Å². The molecule has 0 aliphatic carbocycles. The van der Waals surface area contributed by atoms with Gasteiger partial charge in [-0.3, -0.25) is 4.79 Å². The average molecular weight is 391 g/mol. The largest absolute Gasteiger partial charge is 0.421 e. The van der Waals surface area contributed by atoms with Crippen molar-refractivity contribution in [1.29, 1.82) is 0 Å². The third-order valence-electron chi connectivity index (χ3n) is 3.82. The Labute approximate surface area is 153 Å². The monoisotopic (exact) mass is 390 g/mol. The molecule has 0 unspecified atom stereocenters. The van der Waals surface area contributed by atoms with E-state index in [9.17, 15) is 18.0 Å². The molecule has 0 aliphatic rings. The third-order valence-corrected chi connectivity index (χ3v) is 4.22. The SMILES string of the molecule is CNC(=O)C(C)(C)n1ncc(Cc2ncc(C(F)(F)F)c(NC)n2)c1Cl. The van der Waals surface area contributed by atoms with Crippen LogP contribution in [0.1, 0.15) is 30.8 Å². The van der Waals surface area contributed by atoms with E-state index in [1.165, 1.54) is 25.0 Å². The summed E-state index contributed by atoms with van der Waals surface area (Å²) >= 11 is 6.31. The second-order valence-electron chi connectivity index (χ2n) is 5.98. The summed E-state index contributed by atoms with van der Waals surface area (Å²) in [5.41, 5.74) is -1.50. The first-order valence-electron chi connectivity index (χ1n) is 7.58. The second kappa shape index (κ2) is 7.10. The minimum atomic E-state index is -4.56. The van der Waals surface area contributed by atoms with Gasteiger partial charge < -0.3 is 10.6 Å². The van der Waals surface area contributed by atoms with E-state index < -0.39 is 17.3 Å². The van der Waals surface area contributed by atoms with Crippen molar-refractivity contribution < 1.29 is 18.0 Å². The predicted molar refractivity (Wildman–Crippen MR) is 90.0 cm³/mol. The first kappa shape index (κ1) is 20.0. The number of carbonyl (C=O) groups excluding carboxylic acids is 1. The van der Waals surface area contributed by atoms with Crippen molar-refractivity contribution in [1.82, 2.24) is 25.1 Å². The molecule has 0 aliphatic heterocycles. The minimum absolute atomic E-state index is 0.0650. The molecule has 0 fully saturated rings. The summed E-state index contributed by atoms with van der Waals surface area (Å²) in [4.78, 5) is 19.7. The van der Waals surface area contributed by atoms with Crippen molar-refractivity contribution in [3.05, 3.63) is 34.5 Å². The van der Waals surface area contributed by atoms with Crippen molar-refractivity contribution in [3.8, 4) is 0 Å². The third kappa shape index (κ3) is 3.74. The van der Waals surface area contributed by atoms with E-state index in [0.717, 1.165) is 6.20 Å². The number of anilines is 1. The molecule has 7 nitrogen and oxygen atoms in total. The fourth-order valence-electron chi connectivity index (χ4n) is 2.35. The van der Waals surface area contributed by atoms with Gasteiger partial charge >= 0.3 is 6.18 Å². The van der Waals surface area contributed by atoms with Crippen LogP contribution in [0, 0.1) is 0 Å². The van der Waals surface area contributed by atoms with Gasteiger partial charge in [0.15, 0.2) is 0 Å². The maximum Gasteiger partial charge on any atom is 0.421 e. The summed E-state index contributed by atoms with van der Waals surface area (Å²) in [6, 6.07) is 0. The molecule has 26 heavy (non-hydrogen) atoms. The van der Waals surface area contributed by atoms with Crippen molar-refractivity contribution in [2.45, 2.75) is 32.0 Å². The molecule has 0 atom stereocenters. The van der Waals surface area contributed by atoms with Crippen molar-refractivity contribution in [3.63, 3.8) is 0 Å². The number of likely N-dealkylation sites (N-methyl/N-ethyl adjacent to an activating group) is 1. The van der Waals surface area contributed by atoms with E-state index >= 15 is 0 Å². The molecule has 0 bridgehead atoms. The number of aromatic nitrogens is 4. The van der Waals surface area contributed by atoms with Gasteiger partial charge in [-0.05, 0) is 13.8 Å². The van der Waals surface area contributed by atoms with E-state index in [4.69, 9.17) is 11.6 Å². The van der Waals surface area contributed by atoms with Crippen LogP contribution in [0.2, 0.25) is 5.15 Å². The van der Waals surface area contributed by atoms with Crippen LogP contribution >= 0.6 is 11.6 Å². The zero-order valence-electron chi connectivity index (χ0n) is 14.6. The van der Waals surface area contributed by atoms with Crippen LogP contribution < -0.4 is 10.6 Å². The van der Waals surface area contributed by atoms with E-state index in [-0.39, 0.29) is 29.1 Å². The second-order valence-corrected chi connectivity index (χ2v) is 6.34. The number of nitrogens with one attached hydrogen (secondary N) is 2. The summed E-state index contributed by atoms with van der Waals surface area (Å²) < 4.78 is 40.1. The summed E-state index contributed by atoms with van der Waals surface area (Å²) in [6.07, 6.45) is -2.33. The Kier molecular flexibility index (Phi) is 5.45. The molecule has 142 valence electrons. The van der Waals surface area contributed by atoms with Crippen molar-refractivity contribution >= 4 is 23.3 Å². The molecule has 2 rings (SSSR count).